The average molecular weight is 285 g/mol. The van der Waals surface area contributed by atoms with E-state index in [1.807, 2.05) is 0 Å². The van der Waals surface area contributed by atoms with Crippen LogP contribution in [0.5, 0.6) is 11.5 Å². The van der Waals surface area contributed by atoms with E-state index in [2.05, 4.69) is 0 Å². The zero-order valence-electron chi connectivity index (χ0n) is 11.5. The fourth-order valence-electron chi connectivity index (χ4n) is 1.74. The molecule has 0 heterocycles. The zero-order valence-corrected chi connectivity index (χ0v) is 11.5. The molecule has 2 aromatic carbocycles. The van der Waals surface area contributed by atoms with Crippen LogP contribution in [0.15, 0.2) is 48.5 Å². The largest absolute Gasteiger partial charge is 0.497 e. The molecule has 108 valence electrons. The summed E-state index contributed by atoms with van der Waals surface area (Å²) in [5.41, 5.74) is 6.15. The van der Waals surface area contributed by atoms with Gasteiger partial charge in [0.2, 0.25) is 0 Å². The molecular formula is C16H15NO4. The molecule has 0 amide bonds. The first-order valence-corrected chi connectivity index (χ1v) is 6.33. The third-order valence-electron chi connectivity index (χ3n) is 2.88. The minimum atomic E-state index is -0.494. The van der Waals surface area contributed by atoms with Crippen molar-refractivity contribution in [1.29, 1.82) is 0 Å². The molecule has 5 nitrogen and oxygen atoms in total. The number of benzene rings is 2. The summed E-state index contributed by atoms with van der Waals surface area (Å²) in [7, 11) is 1.53. The number of ether oxygens (including phenoxy) is 2. The topological polar surface area (TPSA) is 78.6 Å². The van der Waals surface area contributed by atoms with Gasteiger partial charge in [-0.15, -0.1) is 0 Å². The van der Waals surface area contributed by atoms with E-state index in [1.54, 1.807) is 48.5 Å². The molecule has 0 aromatic heterocycles. The Balaban J connectivity index is 2.10. The number of carbonyl (C=O) groups is 2. The number of Topliss-reactive ketones (excluding diaryl/α,β-unsaturated/α-hetero) is 1. The molecule has 0 fully saturated rings. The highest BCUT2D eigenvalue weighted by molar-refractivity contribution is 5.97. The van der Waals surface area contributed by atoms with Crippen LogP contribution in [0.3, 0.4) is 0 Å². The summed E-state index contributed by atoms with van der Waals surface area (Å²) in [6.07, 6.45) is 0. The Bertz CT molecular complexity index is 650. The molecule has 0 unspecified atom stereocenters. The molecule has 0 spiro atoms. The number of hydrogen-bond acceptors (Lipinski definition) is 5. The van der Waals surface area contributed by atoms with E-state index >= 15 is 0 Å². The van der Waals surface area contributed by atoms with Crippen LogP contribution in [0.2, 0.25) is 0 Å². The van der Waals surface area contributed by atoms with Crippen molar-refractivity contribution in [2.24, 2.45) is 5.73 Å². The fraction of sp³-hybridized carbons (Fsp3) is 0.125. The third-order valence-corrected chi connectivity index (χ3v) is 2.88. The van der Waals surface area contributed by atoms with Gasteiger partial charge in [-0.05, 0) is 42.5 Å². The van der Waals surface area contributed by atoms with Crippen molar-refractivity contribution in [3.8, 4) is 11.5 Å². The van der Waals surface area contributed by atoms with E-state index in [1.165, 1.54) is 7.11 Å². The second-order valence-corrected chi connectivity index (χ2v) is 4.27. The van der Waals surface area contributed by atoms with E-state index in [0.717, 1.165) is 0 Å². The summed E-state index contributed by atoms with van der Waals surface area (Å²) >= 11 is 0. The fourth-order valence-corrected chi connectivity index (χ4v) is 1.74. The summed E-state index contributed by atoms with van der Waals surface area (Å²) in [5.74, 6) is 0.275. The van der Waals surface area contributed by atoms with Gasteiger partial charge in [0.1, 0.15) is 11.5 Å². The van der Waals surface area contributed by atoms with Crippen LogP contribution in [0.1, 0.15) is 20.7 Å². The highest BCUT2D eigenvalue weighted by Crippen LogP contribution is 2.17. The number of hydrogen-bond donors (Lipinski definition) is 1. The molecule has 0 bridgehead atoms. The molecule has 0 aliphatic rings. The van der Waals surface area contributed by atoms with E-state index in [0.29, 0.717) is 22.6 Å². The summed E-state index contributed by atoms with van der Waals surface area (Å²) < 4.78 is 10.3. The Morgan fingerprint density at radius 3 is 2.33 bits per heavy atom. The van der Waals surface area contributed by atoms with Crippen molar-refractivity contribution >= 4 is 11.8 Å². The quantitative estimate of drug-likeness (QED) is 0.517. The molecule has 0 atom stereocenters. The van der Waals surface area contributed by atoms with Gasteiger partial charge in [0.25, 0.3) is 0 Å². The van der Waals surface area contributed by atoms with Crippen molar-refractivity contribution in [3.05, 3.63) is 59.7 Å². The van der Waals surface area contributed by atoms with Crippen molar-refractivity contribution in [2.75, 3.05) is 13.7 Å². The molecule has 2 rings (SSSR count). The number of carbonyl (C=O) groups excluding carboxylic acids is 2. The van der Waals surface area contributed by atoms with Crippen LogP contribution < -0.4 is 15.2 Å². The number of methoxy groups -OCH3 is 1. The van der Waals surface area contributed by atoms with Crippen molar-refractivity contribution in [2.45, 2.75) is 0 Å². The first-order valence-electron chi connectivity index (χ1n) is 6.33. The molecule has 21 heavy (non-hydrogen) atoms. The van der Waals surface area contributed by atoms with Gasteiger partial charge in [0.05, 0.1) is 19.2 Å². The molecule has 0 saturated carbocycles. The monoisotopic (exact) mass is 285 g/mol. The smallest absolute Gasteiger partial charge is 0.343 e. The van der Waals surface area contributed by atoms with Crippen LogP contribution >= 0.6 is 0 Å². The van der Waals surface area contributed by atoms with Gasteiger partial charge in [0.15, 0.2) is 5.78 Å². The van der Waals surface area contributed by atoms with E-state index in [4.69, 9.17) is 15.2 Å². The van der Waals surface area contributed by atoms with Crippen LogP contribution in [0.4, 0.5) is 0 Å². The molecule has 2 N–H and O–H groups in total. The van der Waals surface area contributed by atoms with Crippen LogP contribution in [0.25, 0.3) is 0 Å². The van der Waals surface area contributed by atoms with E-state index < -0.39 is 5.97 Å². The molecule has 0 aliphatic heterocycles. The highest BCUT2D eigenvalue weighted by atomic mass is 16.5. The second kappa shape index (κ2) is 6.67. The van der Waals surface area contributed by atoms with Crippen molar-refractivity contribution in [3.63, 3.8) is 0 Å². The normalized spacial score (nSPS) is 10.0. The predicted molar refractivity (Wildman–Crippen MR) is 77.8 cm³/mol. The lowest BCUT2D eigenvalue weighted by atomic mass is 10.1. The zero-order chi connectivity index (χ0) is 15.2. The summed E-state index contributed by atoms with van der Waals surface area (Å²) in [4.78, 5) is 23.4. The SMILES string of the molecule is COc1cccc(C(=O)Oc2ccc(C(=O)CN)cc2)c1. The number of rotatable bonds is 5. The maximum atomic E-state index is 12.0. The molecule has 0 saturated heterocycles. The number of nitrogens with two attached hydrogens (primary N) is 1. The van der Waals surface area contributed by atoms with Crippen molar-refractivity contribution < 1.29 is 19.1 Å². The van der Waals surface area contributed by atoms with Gasteiger partial charge in [-0.3, -0.25) is 4.79 Å². The van der Waals surface area contributed by atoms with Crippen LogP contribution in [-0.4, -0.2) is 25.4 Å². The Morgan fingerprint density at radius 2 is 1.71 bits per heavy atom. The maximum Gasteiger partial charge on any atom is 0.343 e. The summed E-state index contributed by atoms with van der Waals surface area (Å²) in [6, 6.07) is 12.9. The Kier molecular flexibility index (Phi) is 4.68. The van der Waals surface area contributed by atoms with E-state index in [-0.39, 0.29) is 12.3 Å². The lowest BCUT2D eigenvalue weighted by Crippen LogP contribution is -2.13. The average Bonchev–Trinajstić information content (AvgIpc) is 2.54. The minimum absolute atomic E-state index is 0.0526. The standard InChI is InChI=1S/C16H15NO4/c1-20-14-4-2-3-12(9-14)16(19)21-13-7-5-11(6-8-13)15(18)10-17/h2-9H,10,17H2,1H3. The third kappa shape index (κ3) is 3.67. The molecule has 5 heteroatoms. The predicted octanol–water partition coefficient (Wildman–Crippen LogP) is 2.06. The van der Waals surface area contributed by atoms with Gasteiger partial charge >= 0.3 is 5.97 Å². The Labute approximate surface area is 122 Å². The Morgan fingerprint density at radius 1 is 1.00 bits per heavy atom. The minimum Gasteiger partial charge on any atom is -0.497 e. The van der Waals surface area contributed by atoms with Crippen molar-refractivity contribution in [1.82, 2.24) is 0 Å². The van der Waals surface area contributed by atoms with Gasteiger partial charge < -0.3 is 15.2 Å². The first-order chi connectivity index (χ1) is 10.1. The molecular weight excluding hydrogens is 270 g/mol. The summed E-state index contributed by atoms with van der Waals surface area (Å²) in [6.45, 7) is -0.0526. The van der Waals surface area contributed by atoms with E-state index in [9.17, 15) is 9.59 Å². The van der Waals surface area contributed by atoms with Crippen LogP contribution in [0, 0.1) is 0 Å². The first kappa shape index (κ1) is 14.7. The number of ketones is 1. The second-order valence-electron chi connectivity index (χ2n) is 4.27. The van der Waals surface area contributed by atoms with Crippen LogP contribution in [-0.2, 0) is 0 Å². The number of esters is 1. The lowest BCUT2D eigenvalue weighted by molar-refractivity contribution is 0.0734. The lowest BCUT2D eigenvalue weighted by Gasteiger charge is -2.06. The summed E-state index contributed by atoms with van der Waals surface area (Å²) in [5, 5.41) is 0. The van der Waals surface area contributed by atoms with Gasteiger partial charge in [0, 0.05) is 5.56 Å². The molecule has 0 radical (unpaired) electrons. The Hall–Kier alpha value is -2.66. The van der Waals surface area contributed by atoms with Gasteiger partial charge in [-0.2, -0.15) is 0 Å². The van der Waals surface area contributed by atoms with Gasteiger partial charge in [-0.1, -0.05) is 6.07 Å². The molecule has 2 aromatic rings. The highest BCUT2D eigenvalue weighted by Gasteiger charge is 2.10. The van der Waals surface area contributed by atoms with Gasteiger partial charge in [-0.25, -0.2) is 4.79 Å². The molecule has 0 aliphatic carbocycles. The maximum absolute atomic E-state index is 12.0.